The van der Waals surface area contributed by atoms with Gasteiger partial charge in [-0.15, -0.1) is 0 Å². The van der Waals surface area contributed by atoms with Gasteiger partial charge in [0.15, 0.2) is 0 Å². The van der Waals surface area contributed by atoms with Crippen molar-refractivity contribution in [1.82, 2.24) is 46.1 Å². The van der Waals surface area contributed by atoms with Crippen molar-refractivity contribution >= 4 is 57.2 Å². The minimum Gasteiger partial charge on any atom is -0.368 e. The third kappa shape index (κ3) is 11.6. The molecule has 3 aromatic carbocycles. The zero-order chi connectivity index (χ0) is 45.9. The summed E-state index contributed by atoms with van der Waals surface area (Å²) in [6, 6.07) is 18.2. The van der Waals surface area contributed by atoms with Gasteiger partial charge in [-0.05, 0) is 54.6 Å². The van der Waals surface area contributed by atoms with E-state index in [0.29, 0.717) is 25.1 Å². The summed E-state index contributed by atoms with van der Waals surface area (Å²) in [7, 11) is 0. The summed E-state index contributed by atoms with van der Waals surface area (Å²) in [4.78, 5) is 97.9. The van der Waals surface area contributed by atoms with E-state index in [1.807, 2.05) is 78.9 Å². The lowest BCUT2D eigenvalue weighted by atomic mass is 10.0. The maximum Gasteiger partial charge on any atom is 0.243 e. The van der Waals surface area contributed by atoms with Crippen LogP contribution in [0.3, 0.4) is 0 Å². The van der Waals surface area contributed by atoms with Crippen molar-refractivity contribution in [3.05, 3.63) is 126 Å². The highest BCUT2D eigenvalue weighted by Crippen LogP contribution is 2.25. The number of imidazole rings is 1. The Bertz CT molecular complexity index is 2590. The minimum atomic E-state index is -1.16. The van der Waals surface area contributed by atoms with Gasteiger partial charge in [0.1, 0.15) is 24.2 Å². The first-order valence-electron chi connectivity index (χ1n) is 21.8. The van der Waals surface area contributed by atoms with Crippen LogP contribution < -0.4 is 38.5 Å². The summed E-state index contributed by atoms with van der Waals surface area (Å²) in [5.41, 5.74) is 22.3. The molecule has 6 atom stereocenters. The maximum atomic E-state index is 14.7. The van der Waals surface area contributed by atoms with Crippen LogP contribution in [-0.2, 0) is 54.5 Å². The normalized spacial score (nSPS) is 16.1. The van der Waals surface area contributed by atoms with Crippen molar-refractivity contribution in [2.45, 2.75) is 87.6 Å². The Balaban J connectivity index is 1.13. The van der Waals surface area contributed by atoms with E-state index in [9.17, 15) is 28.8 Å². The summed E-state index contributed by atoms with van der Waals surface area (Å²) < 4.78 is 0. The summed E-state index contributed by atoms with van der Waals surface area (Å²) in [5, 5.41) is 13.2. The van der Waals surface area contributed by atoms with E-state index in [2.05, 4.69) is 41.2 Å². The number of aromatic nitrogens is 4. The smallest absolute Gasteiger partial charge is 0.243 e. The van der Waals surface area contributed by atoms with Crippen molar-refractivity contribution in [3.8, 4) is 0 Å². The highest BCUT2D eigenvalue weighted by Gasteiger charge is 2.41. The number of benzene rings is 3. The molecule has 0 aliphatic carbocycles. The number of nitrogens with two attached hydrogens (primary N) is 3. The second-order valence-electron chi connectivity index (χ2n) is 16.5. The lowest BCUT2D eigenvalue weighted by Gasteiger charge is -2.30. The van der Waals surface area contributed by atoms with E-state index in [1.165, 1.54) is 11.2 Å². The molecular weight excluding hydrogens is 829 g/mol. The molecule has 1 aliphatic rings. The number of hydrogen-bond acceptors (Lipinski definition) is 9. The Morgan fingerprint density at radius 2 is 1.32 bits per heavy atom. The quantitative estimate of drug-likeness (QED) is 0.0437. The summed E-state index contributed by atoms with van der Waals surface area (Å²) >= 11 is 0. The Morgan fingerprint density at radius 3 is 1.97 bits per heavy atom. The molecule has 340 valence electrons. The van der Waals surface area contributed by atoms with E-state index in [-0.39, 0.29) is 45.1 Å². The largest absolute Gasteiger partial charge is 0.368 e. The van der Waals surface area contributed by atoms with Crippen LogP contribution >= 0.6 is 0 Å². The van der Waals surface area contributed by atoms with E-state index < -0.39 is 71.7 Å². The number of H-pyrrole nitrogens is 3. The fourth-order valence-electron chi connectivity index (χ4n) is 8.40. The van der Waals surface area contributed by atoms with Crippen LogP contribution in [0.2, 0.25) is 0 Å². The average Bonchev–Trinajstić information content (AvgIpc) is 4.13. The molecule has 0 radical (unpaired) electrons. The Kier molecular flexibility index (Phi) is 15.0. The number of hydrogen-bond donors (Lipinski definition) is 10. The first-order valence-corrected chi connectivity index (χ1v) is 21.8. The molecule has 4 heterocycles. The number of likely N-dealkylation sites (tertiary alicyclic amines) is 1. The van der Waals surface area contributed by atoms with Gasteiger partial charge in [-0.25, -0.2) is 4.98 Å². The molecule has 3 aromatic heterocycles. The molecular formula is C47H56N12O6. The molecule has 6 unspecified atom stereocenters. The van der Waals surface area contributed by atoms with Gasteiger partial charge >= 0.3 is 0 Å². The van der Waals surface area contributed by atoms with Gasteiger partial charge in [0.05, 0.1) is 18.4 Å². The predicted octanol–water partition coefficient (Wildman–Crippen LogP) is 1.12. The van der Waals surface area contributed by atoms with E-state index in [1.54, 1.807) is 18.6 Å². The highest BCUT2D eigenvalue weighted by molar-refractivity contribution is 5.96. The van der Waals surface area contributed by atoms with Crippen LogP contribution in [0.4, 0.5) is 0 Å². The monoisotopic (exact) mass is 884 g/mol. The second kappa shape index (κ2) is 21.4. The topological polar surface area (TPSA) is 292 Å². The zero-order valence-electron chi connectivity index (χ0n) is 35.9. The Labute approximate surface area is 375 Å². The summed E-state index contributed by atoms with van der Waals surface area (Å²) in [5.74, 6) is -3.42. The van der Waals surface area contributed by atoms with Gasteiger partial charge in [-0.3, -0.25) is 28.8 Å². The van der Waals surface area contributed by atoms with Gasteiger partial charge in [-0.2, -0.15) is 0 Å². The van der Waals surface area contributed by atoms with Crippen molar-refractivity contribution in [2.75, 3.05) is 13.1 Å². The first-order chi connectivity index (χ1) is 31.5. The third-order valence-electron chi connectivity index (χ3n) is 11.9. The predicted molar refractivity (Wildman–Crippen MR) is 244 cm³/mol. The average molecular weight is 885 g/mol. The number of primary amides is 1. The number of carbonyl (C=O) groups is 6. The molecule has 0 saturated carbocycles. The number of fused-ring (bicyclic) bond motifs is 2. The SMILES string of the molecule is NCCCCC(NC(=O)C(Cc1ccccc1)NC(=O)C(Cc1c[nH]c2ccccc12)N1CC(NC(=O)C(Cc2c[nH]c3ccccc23)NC(=O)C(N)Cc2cnc[nH]2)CC1=O)C(N)=O. The fourth-order valence-corrected chi connectivity index (χ4v) is 8.40. The highest BCUT2D eigenvalue weighted by atomic mass is 16.2. The number of amides is 6. The first kappa shape index (κ1) is 45.7. The lowest BCUT2D eigenvalue weighted by molar-refractivity contribution is -0.139. The summed E-state index contributed by atoms with van der Waals surface area (Å²) in [6.07, 6.45) is 8.37. The van der Waals surface area contributed by atoms with E-state index in [0.717, 1.165) is 38.5 Å². The lowest BCUT2D eigenvalue weighted by Crippen LogP contribution is -2.58. The number of rotatable bonds is 22. The van der Waals surface area contributed by atoms with Crippen molar-refractivity contribution in [2.24, 2.45) is 17.2 Å². The number of aromatic amines is 3. The third-order valence-corrected chi connectivity index (χ3v) is 11.9. The Hall–Kier alpha value is -7.31. The van der Waals surface area contributed by atoms with Crippen LogP contribution in [0, 0.1) is 0 Å². The number of nitrogens with zero attached hydrogens (tertiary/aromatic N) is 2. The molecule has 7 rings (SSSR count). The van der Waals surface area contributed by atoms with Gasteiger partial charge in [0, 0.05) is 84.7 Å². The number of carbonyl (C=O) groups excluding carboxylic acids is 6. The van der Waals surface area contributed by atoms with Crippen molar-refractivity contribution in [3.63, 3.8) is 0 Å². The van der Waals surface area contributed by atoms with E-state index >= 15 is 0 Å². The fraction of sp³-hybridized carbons (Fsp3) is 0.340. The molecule has 6 aromatic rings. The molecule has 6 amide bonds. The van der Waals surface area contributed by atoms with Gasteiger partial charge in [0.25, 0.3) is 0 Å². The van der Waals surface area contributed by atoms with Gasteiger partial charge in [-0.1, -0.05) is 66.7 Å². The number of unbranched alkanes of at least 4 members (excludes halogenated alkanes) is 1. The Morgan fingerprint density at radius 1 is 0.708 bits per heavy atom. The minimum absolute atomic E-state index is 0.0431. The maximum absolute atomic E-state index is 14.7. The molecule has 18 nitrogen and oxygen atoms in total. The van der Waals surface area contributed by atoms with Gasteiger partial charge < -0.3 is 58.3 Å². The summed E-state index contributed by atoms with van der Waals surface area (Å²) in [6.45, 7) is 0.367. The molecule has 1 saturated heterocycles. The second-order valence-corrected chi connectivity index (χ2v) is 16.5. The van der Waals surface area contributed by atoms with Crippen LogP contribution in [-0.4, -0.2) is 110 Å². The molecule has 0 bridgehead atoms. The number of para-hydroxylation sites is 2. The number of nitrogens with one attached hydrogen (secondary N) is 7. The van der Waals surface area contributed by atoms with Crippen LogP contribution in [0.5, 0.6) is 0 Å². The molecule has 1 fully saturated rings. The molecule has 65 heavy (non-hydrogen) atoms. The van der Waals surface area contributed by atoms with Crippen LogP contribution in [0.25, 0.3) is 21.8 Å². The van der Waals surface area contributed by atoms with Crippen LogP contribution in [0.1, 0.15) is 48.1 Å². The standard InChI is InChI=1S/C47H56N12O6/c48-17-9-8-16-38(43(50)61)56-46(64)39(18-28-10-2-1-3-11-28)58-47(65)41(20-30-24-53-37-15-7-5-13-34(30)37)59-26-32(22-42(59)60)55-45(63)40(19-29-23-52-36-14-6-4-12-33(29)36)57-44(62)35(49)21-31-25-51-27-54-31/h1-7,10-15,23-25,27,32,35,38-41,52-53H,8-9,16-22,26,48-49H2,(H2,50,61)(H,51,54)(H,55,63)(H,56,64)(H,57,62)(H,58,65). The molecule has 18 heteroatoms. The zero-order valence-corrected chi connectivity index (χ0v) is 35.9. The van der Waals surface area contributed by atoms with Crippen molar-refractivity contribution < 1.29 is 28.8 Å². The van der Waals surface area contributed by atoms with Crippen LogP contribution in [0.15, 0.2) is 104 Å². The molecule has 13 N–H and O–H groups in total. The van der Waals surface area contributed by atoms with Gasteiger partial charge in [0.2, 0.25) is 35.4 Å². The van der Waals surface area contributed by atoms with E-state index in [4.69, 9.17) is 17.2 Å². The molecule has 1 aliphatic heterocycles. The van der Waals surface area contributed by atoms with Crippen molar-refractivity contribution in [1.29, 1.82) is 0 Å². The molecule has 0 spiro atoms.